The van der Waals surface area contributed by atoms with E-state index in [-0.39, 0.29) is 36.2 Å². The van der Waals surface area contributed by atoms with Gasteiger partial charge in [0, 0.05) is 18.3 Å². The van der Waals surface area contributed by atoms with Crippen LogP contribution in [0.4, 0.5) is 0 Å². The molecule has 5 rings (SSSR count). The number of carbonyl (C=O) groups excluding carboxylic acids is 3. The van der Waals surface area contributed by atoms with Crippen molar-refractivity contribution in [2.24, 2.45) is 69.5 Å². The fourth-order valence-electron chi connectivity index (χ4n) is 11.4. The first kappa shape index (κ1) is 29.1. The van der Waals surface area contributed by atoms with Crippen LogP contribution in [0, 0.1) is 69.5 Å². The Morgan fingerprint density at radius 1 is 0.897 bits per heavy atom. The van der Waals surface area contributed by atoms with Gasteiger partial charge in [0.2, 0.25) is 0 Å². The van der Waals surface area contributed by atoms with E-state index in [9.17, 15) is 14.4 Å². The number of ketones is 1. The topological polar surface area (TPSA) is 69.7 Å². The first-order valence-electron chi connectivity index (χ1n) is 16.4. The Labute approximate surface area is 236 Å². The van der Waals surface area contributed by atoms with Crippen LogP contribution < -0.4 is 0 Å². The fraction of sp³-hybridized carbons (Fsp3) is 0.912. The number of rotatable bonds is 9. The van der Waals surface area contributed by atoms with Crippen molar-refractivity contribution in [2.75, 3.05) is 13.2 Å². The summed E-state index contributed by atoms with van der Waals surface area (Å²) < 4.78 is 11.0. The molecule has 39 heavy (non-hydrogen) atoms. The zero-order valence-electron chi connectivity index (χ0n) is 25.7. The molecule has 10 atom stereocenters. The fourth-order valence-corrected chi connectivity index (χ4v) is 11.4. The Balaban J connectivity index is 1.43. The highest BCUT2D eigenvalue weighted by Gasteiger charge is 2.86. The Hall–Kier alpha value is -1.39. The molecule has 0 heterocycles. The summed E-state index contributed by atoms with van der Waals surface area (Å²) >= 11 is 0. The van der Waals surface area contributed by atoms with Crippen molar-refractivity contribution < 1.29 is 23.9 Å². The maximum atomic E-state index is 13.5. The Bertz CT molecular complexity index is 953. The second-order valence-corrected chi connectivity index (χ2v) is 15.0. The summed E-state index contributed by atoms with van der Waals surface area (Å²) in [6.07, 6.45) is 11.8. The molecule has 0 aromatic rings. The van der Waals surface area contributed by atoms with E-state index in [0.29, 0.717) is 29.6 Å². The van der Waals surface area contributed by atoms with E-state index in [1.54, 1.807) is 13.8 Å². The number of hydrogen-bond donors (Lipinski definition) is 0. The van der Waals surface area contributed by atoms with Crippen LogP contribution in [0.5, 0.6) is 0 Å². The minimum absolute atomic E-state index is 0.0823. The van der Waals surface area contributed by atoms with Crippen molar-refractivity contribution in [3.8, 4) is 0 Å². The number of carbonyl (C=O) groups is 3. The van der Waals surface area contributed by atoms with Crippen LogP contribution in [-0.2, 0) is 23.9 Å². The molecular weight excluding hydrogens is 488 g/mol. The quantitative estimate of drug-likeness (QED) is 0.227. The minimum Gasteiger partial charge on any atom is -0.465 e. The molecule has 0 aromatic heterocycles. The van der Waals surface area contributed by atoms with Crippen molar-refractivity contribution in [3.05, 3.63) is 0 Å². The van der Waals surface area contributed by atoms with Crippen LogP contribution >= 0.6 is 0 Å². The zero-order valence-corrected chi connectivity index (χ0v) is 25.7. The normalized spacial score (nSPS) is 42.6. The molecule has 5 nitrogen and oxygen atoms in total. The summed E-state index contributed by atoms with van der Waals surface area (Å²) in [6.45, 7) is 16.1. The van der Waals surface area contributed by atoms with E-state index in [0.717, 1.165) is 30.6 Å². The van der Waals surface area contributed by atoms with Crippen LogP contribution in [0.1, 0.15) is 113 Å². The summed E-state index contributed by atoms with van der Waals surface area (Å²) in [5.41, 5.74) is -1.25. The monoisotopic (exact) mass is 542 g/mol. The standard InChI is InChI=1S/C34H54O5/c1-8-38-30(36)34(31(37)39-9-2)28-27(35)19-22-13-14-23-25-16-15-24(21(5)12-10-11-20(3)4)32(25,6)18-17-26(23)33(22,7)29(28)34/h20-26,28-29H,8-19H2,1-7H3/t21-,22+,23+,24-,25+,26+,28+,29+,32-,33+/m1/s1. The van der Waals surface area contributed by atoms with Gasteiger partial charge in [0.15, 0.2) is 5.41 Å². The van der Waals surface area contributed by atoms with Gasteiger partial charge in [0.05, 0.1) is 13.2 Å². The summed E-state index contributed by atoms with van der Waals surface area (Å²) in [5.74, 6) is 2.56. The highest BCUT2D eigenvalue weighted by molar-refractivity contribution is 6.11. The number of ether oxygens (including phenoxy) is 2. The van der Waals surface area contributed by atoms with Crippen LogP contribution in [-0.4, -0.2) is 30.9 Å². The smallest absolute Gasteiger partial charge is 0.324 e. The molecular formula is C34H54O5. The van der Waals surface area contributed by atoms with Gasteiger partial charge in [0.25, 0.3) is 0 Å². The summed E-state index contributed by atoms with van der Waals surface area (Å²) in [7, 11) is 0. The second kappa shape index (κ2) is 10.5. The summed E-state index contributed by atoms with van der Waals surface area (Å²) in [6, 6.07) is 0. The molecule has 5 heteroatoms. The van der Waals surface area contributed by atoms with E-state index >= 15 is 0 Å². The largest absolute Gasteiger partial charge is 0.465 e. The minimum atomic E-state index is -1.43. The summed E-state index contributed by atoms with van der Waals surface area (Å²) in [4.78, 5) is 40.6. The molecule has 5 aliphatic carbocycles. The highest BCUT2D eigenvalue weighted by atomic mass is 16.6. The molecule has 5 saturated carbocycles. The molecule has 0 radical (unpaired) electrons. The third-order valence-corrected chi connectivity index (χ3v) is 13.1. The summed E-state index contributed by atoms with van der Waals surface area (Å²) in [5, 5.41) is 0. The van der Waals surface area contributed by atoms with Crippen molar-refractivity contribution in [3.63, 3.8) is 0 Å². The maximum Gasteiger partial charge on any atom is 0.324 e. The van der Waals surface area contributed by atoms with Crippen LogP contribution in [0.15, 0.2) is 0 Å². The molecule has 0 bridgehead atoms. The molecule has 0 spiro atoms. The number of Topliss-reactive ketones (excluding diaryl/α,β-unsaturated/α-hetero) is 1. The average molecular weight is 543 g/mol. The lowest BCUT2D eigenvalue weighted by atomic mass is 9.44. The predicted octanol–water partition coefficient (Wildman–Crippen LogP) is 7.26. The van der Waals surface area contributed by atoms with Gasteiger partial charge < -0.3 is 9.47 Å². The molecule has 0 N–H and O–H groups in total. The molecule has 5 aliphatic rings. The third-order valence-electron chi connectivity index (χ3n) is 13.1. The van der Waals surface area contributed by atoms with Crippen LogP contribution in [0.3, 0.4) is 0 Å². The first-order chi connectivity index (χ1) is 18.5. The average Bonchev–Trinajstić information content (AvgIpc) is 3.49. The van der Waals surface area contributed by atoms with Gasteiger partial charge in [-0.05, 0) is 105 Å². The SMILES string of the molecule is CCOC(=O)C1(C(=O)OCC)[C@H]2[C@@H]1C(=O)C[C@@H]1CC[C@H]3[C@@H]4CC[C@H]([C@H](C)CCCC(C)C)[C@@]4(C)CC[C@@H]3[C@]12C. The maximum absolute atomic E-state index is 13.5. The molecule has 220 valence electrons. The van der Waals surface area contributed by atoms with E-state index in [4.69, 9.17) is 9.47 Å². The van der Waals surface area contributed by atoms with Gasteiger partial charge in [-0.25, -0.2) is 0 Å². The zero-order chi connectivity index (χ0) is 28.3. The predicted molar refractivity (Wildman–Crippen MR) is 152 cm³/mol. The van der Waals surface area contributed by atoms with E-state index in [1.165, 1.54) is 44.9 Å². The highest BCUT2D eigenvalue weighted by Crippen LogP contribution is 2.79. The van der Waals surface area contributed by atoms with Gasteiger partial charge in [-0.3, -0.25) is 14.4 Å². The van der Waals surface area contributed by atoms with Crippen molar-refractivity contribution in [1.82, 2.24) is 0 Å². The van der Waals surface area contributed by atoms with Crippen molar-refractivity contribution in [1.29, 1.82) is 0 Å². The molecule has 0 aromatic carbocycles. The Morgan fingerprint density at radius 2 is 1.56 bits per heavy atom. The van der Waals surface area contributed by atoms with Crippen molar-refractivity contribution >= 4 is 17.7 Å². The lowest BCUT2D eigenvalue weighted by molar-refractivity contribution is -0.169. The molecule has 0 aliphatic heterocycles. The lowest BCUT2D eigenvalue weighted by Gasteiger charge is -2.60. The van der Waals surface area contributed by atoms with Crippen molar-refractivity contribution in [2.45, 2.75) is 113 Å². The van der Waals surface area contributed by atoms with Crippen LogP contribution in [0.2, 0.25) is 0 Å². The van der Waals surface area contributed by atoms with E-state index < -0.39 is 23.3 Å². The Morgan fingerprint density at radius 3 is 2.18 bits per heavy atom. The van der Waals surface area contributed by atoms with E-state index in [1.807, 2.05) is 0 Å². The number of fused-ring (bicyclic) bond motifs is 7. The van der Waals surface area contributed by atoms with Gasteiger partial charge in [-0.15, -0.1) is 0 Å². The van der Waals surface area contributed by atoms with E-state index in [2.05, 4.69) is 34.6 Å². The van der Waals surface area contributed by atoms with Crippen LogP contribution in [0.25, 0.3) is 0 Å². The molecule has 5 fully saturated rings. The Kier molecular flexibility index (Phi) is 7.81. The second-order valence-electron chi connectivity index (χ2n) is 15.0. The van der Waals surface area contributed by atoms with Gasteiger partial charge >= 0.3 is 11.9 Å². The van der Waals surface area contributed by atoms with Gasteiger partial charge in [-0.2, -0.15) is 0 Å². The van der Waals surface area contributed by atoms with Gasteiger partial charge in [0.1, 0.15) is 5.78 Å². The number of hydrogen-bond acceptors (Lipinski definition) is 5. The molecule has 0 saturated heterocycles. The number of esters is 2. The third kappa shape index (κ3) is 4.17. The molecule has 0 amide bonds. The first-order valence-corrected chi connectivity index (χ1v) is 16.4. The lowest BCUT2D eigenvalue weighted by Crippen LogP contribution is -2.55. The molecule has 0 unspecified atom stereocenters. The van der Waals surface area contributed by atoms with Gasteiger partial charge in [-0.1, -0.05) is 53.9 Å².